The van der Waals surface area contributed by atoms with Crippen LogP contribution in [0.1, 0.15) is 18.4 Å². The number of primary sulfonamides is 1. The van der Waals surface area contributed by atoms with E-state index in [1.807, 2.05) is 35.7 Å². The summed E-state index contributed by atoms with van der Waals surface area (Å²) in [6.45, 7) is 1.45. The maximum absolute atomic E-state index is 12.3. The lowest BCUT2D eigenvalue weighted by atomic mass is 10.1. The van der Waals surface area contributed by atoms with Crippen molar-refractivity contribution in [3.8, 4) is 11.3 Å². The second-order valence-corrected chi connectivity index (χ2v) is 10.5. The van der Waals surface area contributed by atoms with Crippen molar-refractivity contribution >= 4 is 44.2 Å². The summed E-state index contributed by atoms with van der Waals surface area (Å²) < 4.78 is 28.8. The fraction of sp³-hybridized carbons (Fsp3) is 0.273. The van der Waals surface area contributed by atoms with Gasteiger partial charge in [-0.25, -0.2) is 23.3 Å². The van der Waals surface area contributed by atoms with Gasteiger partial charge < -0.3 is 15.0 Å². The Labute approximate surface area is 201 Å². The highest BCUT2D eigenvalue weighted by atomic mass is 35.5. The first kappa shape index (κ1) is 23.5. The first-order valence-corrected chi connectivity index (χ1v) is 13.1. The molecule has 1 amide bonds. The van der Waals surface area contributed by atoms with E-state index in [0.717, 1.165) is 23.5 Å². The fourth-order valence-electron chi connectivity index (χ4n) is 3.54. The number of nitrogens with one attached hydrogen (secondary N) is 1. The third kappa shape index (κ3) is 6.02. The van der Waals surface area contributed by atoms with Gasteiger partial charge in [0.2, 0.25) is 10.0 Å². The number of halogens is 1. The van der Waals surface area contributed by atoms with Crippen LogP contribution in [0.15, 0.2) is 58.8 Å². The van der Waals surface area contributed by atoms with E-state index in [0.29, 0.717) is 24.3 Å². The van der Waals surface area contributed by atoms with Crippen molar-refractivity contribution in [3.05, 3.63) is 64.5 Å². The number of piperidine rings is 1. The third-order valence-corrected chi connectivity index (χ3v) is 7.49. The van der Waals surface area contributed by atoms with Gasteiger partial charge in [0.05, 0.1) is 10.7 Å². The van der Waals surface area contributed by atoms with Crippen LogP contribution in [-0.4, -0.2) is 43.5 Å². The molecule has 3 aromatic rings. The number of rotatable bonds is 6. The van der Waals surface area contributed by atoms with Crippen molar-refractivity contribution < 1.29 is 17.9 Å². The molecule has 11 heteroatoms. The Balaban J connectivity index is 1.31. The van der Waals surface area contributed by atoms with Crippen LogP contribution in [0.25, 0.3) is 11.3 Å². The van der Waals surface area contributed by atoms with Gasteiger partial charge in [-0.2, -0.15) is 0 Å². The number of nitrogens with two attached hydrogens (primary N) is 1. The number of anilines is 1. The van der Waals surface area contributed by atoms with Crippen LogP contribution < -0.4 is 10.5 Å². The summed E-state index contributed by atoms with van der Waals surface area (Å²) in [5, 5.41) is 11.3. The predicted molar refractivity (Wildman–Crippen MR) is 129 cm³/mol. The van der Waals surface area contributed by atoms with Crippen LogP contribution in [-0.2, 0) is 21.4 Å². The zero-order valence-corrected chi connectivity index (χ0v) is 20.0. The third-order valence-electron chi connectivity index (χ3n) is 5.32. The lowest BCUT2D eigenvalue weighted by Crippen LogP contribution is -2.42. The number of hydrogen-bond donors (Lipinski definition) is 2. The summed E-state index contributed by atoms with van der Waals surface area (Å²) >= 11 is 7.39. The number of ether oxygens (including phenoxy) is 1. The van der Waals surface area contributed by atoms with Crippen molar-refractivity contribution in [2.75, 3.05) is 18.4 Å². The molecular formula is C22H23ClN4O4S2. The van der Waals surface area contributed by atoms with Crippen molar-refractivity contribution in [3.63, 3.8) is 0 Å². The summed E-state index contributed by atoms with van der Waals surface area (Å²) in [6, 6.07) is 14.4. The number of nitrogens with zero attached hydrogens (tertiary/aromatic N) is 2. The molecule has 1 saturated heterocycles. The molecule has 1 aromatic heterocycles. The van der Waals surface area contributed by atoms with E-state index in [9.17, 15) is 13.2 Å². The van der Waals surface area contributed by atoms with E-state index in [2.05, 4.69) is 10.3 Å². The molecule has 3 N–H and O–H groups in total. The lowest BCUT2D eigenvalue weighted by molar-refractivity contribution is 0.0882. The molecule has 0 atom stereocenters. The maximum atomic E-state index is 12.3. The second-order valence-electron chi connectivity index (χ2n) is 7.67. The smallest absolute Gasteiger partial charge is 0.410 e. The Morgan fingerprint density at radius 2 is 1.94 bits per heavy atom. The largest absolute Gasteiger partial charge is 0.445 e. The Morgan fingerprint density at radius 3 is 2.64 bits per heavy atom. The molecule has 1 aliphatic rings. The monoisotopic (exact) mass is 506 g/mol. The van der Waals surface area contributed by atoms with Gasteiger partial charge in [-0.3, -0.25) is 0 Å². The number of sulfonamides is 1. The van der Waals surface area contributed by atoms with Gasteiger partial charge in [0.15, 0.2) is 5.13 Å². The molecule has 0 aliphatic carbocycles. The van der Waals surface area contributed by atoms with E-state index in [4.69, 9.17) is 21.5 Å². The molecule has 2 aromatic carbocycles. The van der Waals surface area contributed by atoms with Gasteiger partial charge in [0.1, 0.15) is 11.5 Å². The molecule has 1 aliphatic heterocycles. The van der Waals surface area contributed by atoms with Crippen LogP contribution in [0.2, 0.25) is 5.02 Å². The van der Waals surface area contributed by atoms with Gasteiger partial charge in [0, 0.05) is 30.1 Å². The molecule has 0 saturated carbocycles. The average Bonchev–Trinajstić information content (AvgIpc) is 3.26. The number of carbonyl (C=O) groups is 1. The van der Waals surface area contributed by atoms with E-state index in [1.54, 1.807) is 11.0 Å². The molecule has 4 rings (SSSR count). The Kier molecular flexibility index (Phi) is 7.18. The summed E-state index contributed by atoms with van der Waals surface area (Å²) in [7, 11) is -3.93. The molecule has 0 spiro atoms. The van der Waals surface area contributed by atoms with Gasteiger partial charge in [-0.15, -0.1) is 11.3 Å². The molecule has 33 heavy (non-hydrogen) atoms. The van der Waals surface area contributed by atoms with Crippen molar-refractivity contribution in [2.45, 2.75) is 30.4 Å². The summed E-state index contributed by atoms with van der Waals surface area (Å²) in [6.07, 6.45) is 1.24. The highest BCUT2D eigenvalue weighted by Crippen LogP contribution is 2.30. The quantitative estimate of drug-likeness (QED) is 0.514. The van der Waals surface area contributed by atoms with Crippen molar-refractivity contribution in [1.82, 2.24) is 9.88 Å². The number of likely N-dealkylation sites (tertiary alicyclic amines) is 1. The second kappa shape index (κ2) is 10.1. The molecule has 0 radical (unpaired) electrons. The Bertz CT molecular complexity index is 1230. The normalized spacial score (nSPS) is 14.8. The topological polar surface area (TPSA) is 115 Å². The van der Waals surface area contributed by atoms with Crippen LogP contribution in [0.4, 0.5) is 9.93 Å². The van der Waals surface area contributed by atoms with Crippen LogP contribution in [0.5, 0.6) is 0 Å². The predicted octanol–water partition coefficient (Wildman–Crippen LogP) is 4.32. The molecule has 2 heterocycles. The lowest BCUT2D eigenvalue weighted by Gasteiger charge is -2.31. The van der Waals surface area contributed by atoms with E-state index < -0.39 is 10.0 Å². The minimum atomic E-state index is -3.93. The number of aromatic nitrogens is 1. The first-order chi connectivity index (χ1) is 15.8. The van der Waals surface area contributed by atoms with Crippen LogP contribution >= 0.6 is 22.9 Å². The number of hydrogen-bond acceptors (Lipinski definition) is 7. The fourth-order valence-corrected chi connectivity index (χ4v) is 5.41. The van der Waals surface area contributed by atoms with Crippen molar-refractivity contribution in [1.29, 1.82) is 0 Å². The molecule has 1 fully saturated rings. The Hall–Kier alpha value is -2.66. The average molecular weight is 507 g/mol. The molecule has 174 valence electrons. The molecular weight excluding hydrogens is 484 g/mol. The van der Waals surface area contributed by atoms with Gasteiger partial charge in [-0.05, 0) is 30.5 Å². The van der Waals surface area contributed by atoms with Crippen LogP contribution in [0.3, 0.4) is 0 Å². The van der Waals surface area contributed by atoms with Gasteiger partial charge in [0.25, 0.3) is 0 Å². The number of benzene rings is 2. The first-order valence-electron chi connectivity index (χ1n) is 10.3. The zero-order valence-electron chi connectivity index (χ0n) is 17.6. The number of amides is 1. The minimum absolute atomic E-state index is 0.0730. The van der Waals surface area contributed by atoms with Gasteiger partial charge in [-0.1, -0.05) is 48.0 Å². The van der Waals surface area contributed by atoms with E-state index in [-0.39, 0.29) is 28.7 Å². The van der Waals surface area contributed by atoms with Gasteiger partial charge >= 0.3 is 6.09 Å². The van der Waals surface area contributed by atoms with E-state index >= 15 is 0 Å². The summed E-state index contributed by atoms with van der Waals surface area (Å²) in [5.74, 6) is 0. The SMILES string of the molecule is NS(=O)(=O)c1cc(-c2csc(NC3CCN(C(=O)OCc4ccccc4)CC3)n2)ccc1Cl. The zero-order chi connectivity index (χ0) is 23.4. The number of carbonyl (C=O) groups excluding carboxylic acids is 1. The van der Waals surface area contributed by atoms with E-state index in [1.165, 1.54) is 23.5 Å². The maximum Gasteiger partial charge on any atom is 0.410 e. The summed E-state index contributed by atoms with van der Waals surface area (Å²) in [5.41, 5.74) is 2.20. The highest BCUT2D eigenvalue weighted by Gasteiger charge is 2.24. The minimum Gasteiger partial charge on any atom is -0.445 e. The Morgan fingerprint density at radius 1 is 1.21 bits per heavy atom. The highest BCUT2D eigenvalue weighted by molar-refractivity contribution is 7.89. The van der Waals surface area contributed by atoms with Crippen molar-refractivity contribution in [2.24, 2.45) is 5.14 Å². The standard InChI is InChI=1S/C22H23ClN4O4S2/c23-18-7-6-16(12-20(18)33(24,29)30)19-14-32-21(26-19)25-17-8-10-27(11-9-17)22(28)31-13-15-4-2-1-3-5-15/h1-7,12,14,17H,8-11,13H2,(H,25,26)(H2,24,29,30). The molecule has 8 nitrogen and oxygen atoms in total. The summed E-state index contributed by atoms with van der Waals surface area (Å²) in [4.78, 5) is 18.5. The molecule has 0 bridgehead atoms. The van der Waals surface area contributed by atoms with Crippen LogP contribution in [0, 0.1) is 0 Å². The number of thiazole rings is 1. The molecule has 0 unspecified atom stereocenters.